The van der Waals surface area contributed by atoms with Gasteiger partial charge in [0.2, 0.25) is 0 Å². The van der Waals surface area contributed by atoms with E-state index in [0.717, 1.165) is 44.9 Å². The topological polar surface area (TPSA) is 37.3 Å². The van der Waals surface area contributed by atoms with Crippen LogP contribution in [0.15, 0.2) is 0 Å². The Kier molecular flexibility index (Phi) is 20.4. The molecule has 0 amide bonds. The van der Waals surface area contributed by atoms with Gasteiger partial charge in [-0.15, -0.1) is 0 Å². The Morgan fingerprint density at radius 1 is 0.750 bits per heavy atom. The minimum atomic E-state index is -0.0310. The molecular formula is C18H38O2. The Morgan fingerprint density at radius 2 is 1.35 bits per heavy atom. The first-order valence-corrected chi connectivity index (χ1v) is 8.81. The van der Waals surface area contributed by atoms with Crippen LogP contribution in [0.5, 0.6) is 0 Å². The molecule has 0 fully saturated rings. The van der Waals surface area contributed by atoms with Crippen LogP contribution in [0.4, 0.5) is 0 Å². The van der Waals surface area contributed by atoms with Crippen LogP contribution in [-0.4, -0.2) is 17.0 Å². The van der Waals surface area contributed by atoms with Crippen molar-refractivity contribution in [2.24, 2.45) is 0 Å². The number of ketones is 1. The maximum atomic E-state index is 10.9. The summed E-state index contributed by atoms with van der Waals surface area (Å²) >= 11 is 0. The molecule has 0 saturated heterocycles. The predicted molar refractivity (Wildman–Crippen MR) is 89.1 cm³/mol. The summed E-state index contributed by atoms with van der Waals surface area (Å²) in [6.07, 6.45) is 12.9. The van der Waals surface area contributed by atoms with Crippen molar-refractivity contribution in [1.29, 1.82) is 0 Å². The van der Waals surface area contributed by atoms with Crippen molar-refractivity contribution in [3.05, 3.63) is 0 Å². The third-order valence-corrected chi connectivity index (χ3v) is 3.35. The van der Waals surface area contributed by atoms with Crippen molar-refractivity contribution >= 4 is 5.78 Å². The molecule has 0 aromatic carbocycles. The Morgan fingerprint density at radius 3 is 1.85 bits per heavy atom. The maximum Gasteiger partial charge on any atom is 0.132 e. The van der Waals surface area contributed by atoms with Crippen LogP contribution in [0.3, 0.4) is 0 Å². The van der Waals surface area contributed by atoms with E-state index in [4.69, 9.17) is 0 Å². The van der Waals surface area contributed by atoms with Crippen LogP contribution in [0.25, 0.3) is 0 Å². The summed E-state index contributed by atoms with van der Waals surface area (Å²) in [4.78, 5) is 10.9. The molecule has 2 heteroatoms. The smallest absolute Gasteiger partial charge is 0.132 e. The van der Waals surface area contributed by atoms with E-state index in [1.54, 1.807) is 0 Å². The van der Waals surface area contributed by atoms with E-state index in [0.29, 0.717) is 5.78 Å². The molecule has 0 saturated carbocycles. The summed E-state index contributed by atoms with van der Waals surface area (Å²) in [5, 5.41) is 9.28. The standard InChI is InChI=1S/C9H20O.C9H18O/c2*1-3-5-6-8-9(10)7-4-2/h9-10H,3-8H2,1-2H3;3-8H2,1-2H3. The molecule has 0 radical (unpaired) electrons. The number of aliphatic hydroxyl groups is 1. The first kappa shape index (κ1) is 21.9. The second-order valence-electron chi connectivity index (χ2n) is 5.68. The lowest BCUT2D eigenvalue weighted by Crippen LogP contribution is -2.04. The highest BCUT2D eigenvalue weighted by molar-refractivity contribution is 5.78. The van der Waals surface area contributed by atoms with Crippen molar-refractivity contribution in [3.63, 3.8) is 0 Å². The minimum Gasteiger partial charge on any atom is -0.393 e. The van der Waals surface area contributed by atoms with E-state index < -0.39 is 0 Å². The van der Waals surface area contributed by atoms with Gasteiger partial charge in [-0.1, -0.05) is 66.2 Å². The van der Waals surface area contributed by atoms with E-state index in [-0.39, 0.29) is 6.10 Å². The van der Waals surface area contributed by atoms with Gasteiger partial charge in [0.1, 0.15) is 5.78 Å². The molecule has 0 rings (SSSR count). The van der Waals surface area contributed by atoms with Crippen molar-refractivity contribution in [3.8, 4) is 0 Å². The van der Waals surface area contributed by atoms with Gasteiger partial charge in [0.05, 0.1) is 6.10 Å². The zero-order valence-corrected chi connectivity index (χ0v) is 14.4. The highest BCUT2D eigenvalue weighted by Crippen LogP contribution is 2.07. The fourth-order valence-corrected chi connectivity index (χ4v) is 2.08. The minimum absolute atomic E-state index is 0.0310. The number of rotatable bonds is 12. The quantitative estimate of drug-likeness (QED) is 0.470. The lowest BCUT2D eigenvalue weighted by atomic mass is 10.1. The van der Waals surface area contributed by atoms with Crippen molar-refractivity contribution in [2.75, 3.05) is 0 Å². The number of hydrogen-bond acceptors (Lipinski definition) is 2. The summed E-state index contributed by atoms with van der Waals surface area (Å²) in [5.74, 6) is 0.441. The van der Waals surface area contributed by atoms with Gasteiger partial charge in [-0.05, 0) is 25.7 Å². The molecule has 1 atom stereocenters. The van der Waals surface area contributed by atoms with Crippen molar-refractivity contribution in [2.45, 2.75) is 111 Å². The first-order valence-electron chi connectivity index (χ1n) is 8.81. The molecule has 0 aromatic heterocycles. The molecule has 1 N–H and O–H groups in total. The molecule has 122 valence electrons. The van der Waals surface area contributed by atoms with Crippen LogP contribution in [0.1, 0.15) is 105 Å². The van der Waals surface area contributed by atoms with Crippen LogP contribution in [-0.2, 0) is 4.79 Å². The monoisotopic (exact) mass is 286 g/mol. The number of unbranched alkanes of at least 4 members (excludes halogenated alkanes) is 4. The fraction of sp³-hybridized carbons (Fsp3) is 0.944. The molecule has 0 aliphatic heterocycles. The number of Topliss-reactive ketones (excluding diaryl/α,β-unsaturated/α-hetero) is 1. The fourth-order valence-electron chi connectivity index (χ4n) is 2.08. The molecular weight excluding hydrogens is 248 g/mol. The van der Waals surface area contributed by atoms with Crippen LogP contribution in [0, 0.1) is 0 Å². The predicted octanol–water partition coefficient (Wildman–Crippen LogP) is 5.66. The van der Waals surface area contributed by atoms with Gasteiger partial charge >= 0.3 is 0 Å². The van der Waals surface area contributed by atoms with Gasteiger partial charge in [-0.3, -0.25) is 4.79 Å². The van der Waals surface area contributed by atoms with E-state index in [2.05, 4.69) is 27.7 Å². The Hall–Kier alpha value is -0.370. The summed E-state index contributed by atoms with van der Waals surface area (Å²) in [6, 6.07) is 0. The number of carbonyl (C=O) groups is 1. The van der Waals surface area contributed by atoms with Gasteiger partial charge in [0, 0.05) is 12.8 Å². The highest BCUT2D eigenvalue weighted by atomic mass is 16.3. The lowest BCUT2D eigenvalue weighted by molar-refractivity contribution is -0.119. The maximum absolute atomic E-state index is 10.9. The zero-order chi connectivity index (χ0) is 15.6. The van der Waals surface area contributed by atoms with Gasteiger partial charge < -0.3 is 5.11 Å². The van der Waals surface area contributed by atoms with Crippen LogP contribution >= 0.6 is 0 Å². The normalized spacial score (nSPS) is 11.7. The third-order valence-electron chi connectivity index (χ3n) is 3.35. The SMILES string of the molecule is CCCCCC(=O)CCC.CCCCCC(O)CCC. The van der Waals surface area contributed by atoms with Gasteiger partial charge in [0.15, 0.2) is 0 Å². The number of hydrogen-bond donors (Lipinski definition) is 1. The third kappa shape index (κ3) is 20.0. The summed E-state index contributed by atoms with van der Waals surface area (Å²) in [6.45, 7) is 8.51. The lowest BCUT2D eigenvalue weighted by Gasteiger charge is -2.07. The molecule has 2 nitrogen and oxygen atoms in total. The van der Waals surface area contributed by atoms with Gasteiger partial charge in [-0.25, -0.2) is 0 Å². The average Bonchev–Trinajstić information content (AvgIpc) is 2.41. The second kappa shape index (κ2) is 18.6. The number of carbonyl (C=O) groups excluding carboxylic acids is 1. The van der Waals surface area contributed by atoms with E-state index in [1.807, 2.05) is 0 Å². The van der Waals surface area contributed by atoms with E-state index >= 15 is 0 Å². The first-order chi connectivity index (χ1) is 9.62. The molecule has 0 bridgehead atoms. The average molecular weight is 286 g/mol. The largest absolute Gasteiger partial charge is 0.393 e. The Balaban J connectivity index is 0. The molecule has 20 heavy (non-hydrogen) atoms. The van der Waals surface area contributed by atoms with E-state index in [9.17, 15) is 9.90 Å². The molecule has 0 aliphatic carbocycles. The Labute approximate surface area is 127 Å². The summed E-state index contributed by atoms with van der Waals surface area (Å²) in [5.41, 5.74) is 0. The molecule has 0 aliphatic rings. The molecule has 0 aromatic rings. The molecule has 0 spiro atoms. The summed E-state index contributed by atoms with van der Waals surface area (Å²) < 4.78 is 0. The van der Waals surface area contributed by atoms with Crippen LogP contribution < -0.4 is 0 Å². The van der Waals surface area contributed by atoms with Crippen molar-refractivity contribution in [1.82, 2.24) is 0 Å². The highest BCUT2D eigenvalue weighted by Gasteiger charge is 2.00. The second-order valence-corrected chi connectivity index (χ2v) is 5.68. The number of aliphatic hydroxyl groups excluding tert-OH is 1. The van der Waals surface area contributed by atoms with Gasteiger partial charge in [0.25, 0.3) is 0 Å². The molecule has 0 heterocycles. The zero-order valence-electron chi connectivity index (χ0n) is 14.4. The molecule has 1 unspecified atom stereocenters. The van der Waals surface area contributed by atoms with E-state index in [1.165, 1.54) is 32.1 Å². The summed E-state index contributed by atoms with van der Waals surface area (Å²) in [7, 11) is 0. The van der Waals surface area contributed by atoms with Crippen molar-refractivity contribution < 1.29 is 9.90 Å². The van der Waals surface area contributed by atoms with Gasteiger partial charge in [-0.2, -0.15) is 0 Å². The van der Waals surface area contributed by atoms with Crippen LogP contribution in [0.2, 0.25) is 0 Å². The Bertz CT molecular complexity index is 190.